The molecule has 0 radical (unpaired) electrons. The quantitative estimate of drug-likeness (QED) is 0.0965. The van der Waals surface area contributed by atoms with Gasteiger partial charge in [0.05, 0.1) is 15.2 Å². The lowest BCUT2D eigenvalue weighted by molar-refractivity contribution is -0.697. The fraction of sp³-hybridized carbons (Fsp3) is 0.0323. The van der Waals surface area contributed by atoms with Crippen LogP contribution in [0, 0.1) is 11.8 Å². The van der Waals surface area contributed by atoms with Crippen molar-refractivity contribution < 1.29 is 34.8 Å². The molecule has 9 nitrogen and oxygen atoms in total. The van der Waals surface area contributed by atoms with Crippen molar-refractivity contribution in [2.75, 3.05) is 0 Å². The van der Waals surface area contributed by atoms with E-state index in [0.29, 0.717) is 14.7 Å². The molecule has 5 aromatic carbocycles. The summed E-state index contributed by atoms with van der Waals surface area (Å²) in [5.74, 6) is -0.509. The molecule has 12 heteroatoms. The van der Waals surface area contributed by atoms with E-state index >= 15 is 0 Å². The summed E-state index contributed by atoms with van der Waals surface area (Å²) in [4.78, 5) is 15.2. The van der Waals surface area contributed by atoms with E-state index in [1.54, 1.807) is 91.9 Å². The fourth-order valence-corrected chi connectivity index (χ4v) is 8.68. The first-order valence-electron chi connectivity index (χ1n) is 12.8. The van der Waals surface area contributed by atoms with Crippen LogP contribution in [0.3, 0.4) is 0 Å². The zero-order valence-electron chi connectivity index (χ0n) is 22.7. The molecule has 0 aromatic heterocycles. The maximum absolute atomic E-state index is 14.1. The minimum absolute atomic E-state index is 0.0387. The Balaban J connectivity index is 1.69. The van der Waals surface area contributed by atoms with E-state index in [-0.39, 0.29) is 9.82 Å². The van der Waals surface area contributed by atoms with Crippen LogP contribution < -0.4 is 4.18 Å². The summed E-state index contributed by atoms with van der Waals surface area (Å²) in [6, 6.07) is 35.6. The van der Waals surface area contributed by atoms with Crippen LogP contribution in [-0.2, 0) is 24.5 Å². The number of aryl methyl sites for hydroxylation is 1. The summed E-state index contributed by atoms with van der Waals surface area (Å²) in [6.07, 6.45) is 0. The highest BCUT2D eigenvalue weighted by molar-refractivity contribution is 8.29. The molecular weight excluding hydrogens is 611 g/mol. The van der Waals surface area contributed by atoms with Crippen LogP contribution in [-0.4, -0.2) is 26.3 Å². The van der Waals surface area contributed by atoms with Crippen molar-refractivity contribution >= 4 is 36.2 Å². The molecule has 0 aliphatic heterocycles. The second-order valence-corrected chi connectivity index (χ2v) is 14.9. The molecular formula is C31H26NO8S3+. The molecule has 0 spiro atoms. The fourth-order valence-electron chi connectivity index (χ4n) is 4.26. The average molecular weight is 637 g/mol. The van der Waals surface area contributed by atoms with Crippen molar-refractivity contribution in [2.24, 2.45) is 0 Å². The molecule has 43 heavy (non-hydrogen) atoms. The number of rotatable bonds is 10. The van der Waals surface area contributed by atoms with Gasteiger partial charge in [0, 0.05) is 20.8 Å². The Hall–Kier alpha value is -4.49. The maximum Gasteiger partial charge on any atom is 0.362 e. The van der Waals surface area contributed by atoms with E-state index in [1.165, 1.54) is 12.1 Å². The van der Waals surface area contributed by atoms with Crippen LogP contribution in [0.1, 0.15) is 5.56 Å². The van der Waals surface area contributed by atoms with Gasteiger partial charge in [-0.1, -0.05) is 72.3 Å². The topological polar surface area (TPSA) is 127 Å². The summed E-state index contributed by atoms with van der Waals surface area (Å²) >= 11 is 0. The molecule has 0 saturated heterocycles. The highest BCUT2D eigenvalue weighted by atomic mass is 32.3. The molecule has 0 amide bonds. The first-order chi connectivity index (χ1) is 20.5. The summed E-state index contributed by atoms with van der Waals surface area (Å²) in [6.45, 7) is 1.79. The minimum atomic E-state index is -4.80. The first kappa shape index (κ1) is 30.0. The van der Waals surface area contributed by atoms with E-state index in [4.69, 9.17) is 8.47 Å². The lowest BCUT2D eigenvalue weighted by atomic mass is 10.2. The highest BCUT2D eigenvalue weighted by Gasteiger charge is 2.43. The van der Waals surface area contributed by atoms with Crippen LogP contribution >= 0.6 is 10.3 Å². The normalized spacial score (nSPS) is 12.3. The molecule has 5 aromatic rings. The summed E-state index contributed by atoms with van der Waals surface area (Å²) in [5, 5.41) is 0. The van der Waals surface area contributed by atoms with Gasteiger partial charge in [-0.25, -0.2) is 0 Å². The zero-order valence-corrected chi connectivity index (χ0v) is 25.1. The maximum atomic E-state index is 14.1. The van der Waals surface area contributed by atoms with Crippen molar-refractivity contribution in [2.45, 2.75) is 31.4 Å². The summed E-state index contributed by atoms with van der Waals surface area (Å²) in [7, 11) is -12.1. The Kier molecular flexibility index (Phi) is 8.38. The van der Waals surface area contributed by atoms with Gasteiger partial charge in [-0.3, -0.25) is 4.55 Å². The lowest BCUT2D eigenvalue weighted by Gasteiger charge is -2.34. The Labute approximate surface area is 251 Å². The zero-order chi connectivity index (χ0) is 30.7. The van der Waals surface area contributed by atoms with Crippen molar-refractivity contribution in [1.29, 1.82) is 0 Å². The van der Waals surface area contributed by atoms with Gasteiger partial charge in [0.2, 0.25) is 5.75 Å². The van der Waals surface area contributed by atoms with E-state index in [9.17, 15) is 26.3 Å². The Morgan fingerprint density at radius 1 is 0.581 bits per heavy atom. The molecule has 1 N–H and O–H groups in total. The lowest BCUT2D eigenvalue weighted by Crippen LogP contribution is -2.16. The predicted molar refractivity (Wildman–Crippen MR) is 161 cm³/mol. The standard InChI is InChI=1S/C31H25NO8S3/c1-24-17-19-28(20-18-24)43(37,38)39-31-22-21-29(42(34,35)36)23-30(31)32(33)40-41(25-11-5-2-6-12-25,26-13-7-3-8-14-26)27-15-9-4-10-16-27/h2-23H,1H3/p+1. The summed E-state index contributed by atoms with van der Waals surface area (Å²) in [5.41, 5.74) is 0.226. The Morgan fingerprint density at radius 2 is 1.02 bits per heavy atom. The van der Waals surface area contributed by atoms with Gasteiger partial charge in [0.15, 0.2) is 0 Å². The number of hydrogen-bond acceptors (Lipinski definition) is 7. The van der Waals surface area contributed by atoms with Crippen LogP contribution in [0.15, 0.2) is 158 Å². The van der Waals surface area contributed by atoms with E-state index in [2.05, 4.69) is 0 Å². The molecule has 0 fully saturated rings. The van der Waals surface area contributed by atoms with Gasteiger partial charge < -0.3 is 4.18 Å². The summed E-state index contributed by atoms with van der Waals surface area (Å²) < 4.78 is 71.9. The number of nitrogens with zero attached hydrogens (tertiary/aromatic N) is 1. The van der Waals surface area contributed by atoms with Crippen molar-refractivity contribution in [1.82, 2.24) is 0 Å². The molecule has 0 aliphatic carbocycles. The monoisotopic (exact) mass is 636 g/mol. The molecule has 0 unspecified atom stereocenters. The molecule has 5 rings (SSSR count). The van der Waals surface area contributed by atoms with E-state index < -0.39 is 46.9 Å². The van der Waals surface area contributed by atoms with Gasteiger partial charge in [-0.05, 0) is 67.6 Å². The van der Waals surface area contributed by atoms with E-state index in [0.717, 1.165) is 23.8 Å². The van der Waals surface area contributed by atoms with Crippen LogP contribution in [0.25, 0.3) is 0 Å². The third-order valence-electron chi connectivity index (χ3n) is 6.34. The molecule has 0 aliphatic rings. The molecule has 0 atom stereocenters. The third-order valence-corrected chi connectivity index (χ3v) is 11.6. The molecule has 0 saturated carbocycles. The van der Waals surface area contributed by atoms with Gasteiger partial charge in [-0.15, -0.1) is 0 Å². The molecule has 0 bridgehead atoms. The van der Waals surface area contributed by atoms with E-state index in [1.807, 2.05) is 18.2 Å². The predicted octanol–water partition coefficient (Wildman–Crippen LogP) is 7.25. The SMILES string of the molecule is Cc1ccc(S(=O)(=O)Oc2ccc(S(=O)(=O)O)cc2[N+](=O)OS(c2ccccc2)(c2ccccc2)c2ccccc2)cc1. The smallest absolute Gasteiger partial charge is 0.362 e. The second kappa shape index (κ2) is 12.0. The van der Waals surface area contributed by atoms with Crippen molar-refractivity contribution in [3.63, 3.8) is 0 Å². The average Bonchev–Trinajstić information content (AvgIpc) is 3.01. The number of benzene rings is 5. The number of hydrogen-bond donors (Lipinski definition) is 1. The van der Waals surface area contributed by atoms with Gasteiger partial charge in [-0.2, -0.15) is 21.1 Å². The van der Waals surface area contributed by atoms with Gasteiger partial charge in [0.25, 0.3) is 15.0 Å². The van der Waals surface area contributed by atoms with Crippen LogP contribution in [0.2, 0.25) is 0 Å². The Morgan fingerprint density at radius 3 is 1.47 bits per heavy atom. The minimum Gasteiger partial charge on any atom is -0.371 e. The highest BCUT2D eigenvalue weighted by Crippen LogP contribution is 2.69. The Bertz CT molecular complexity index is 1870. The van der Waals surface area contributed by atoms with Gasteiger partial charge in [0.1, 0.15) is 9.79 Å². The van der Waals surface area contributed by atoms with Gasteiger partial charge >= 0.3 is 15.8 Å². The van der Waals surface area contributed by atoms with Crippen molar-refractivity contribution in [3.8, 4) is 5.75 Å². The second-order valence-electron chi connectivity index (χ2n) is 9.28. The van der Waals surface area contributed by atoms with Crippen molar-refractivity contribution in [3.05, 3.63) is 144 Å². The third kappa shape index (κ3) is 6.32. The van der Waals surface area contributed by atoms with Crippen LogP contribution in [0.5, 0.6) is 5.75 Å². The van der Waals surface area contributed by atoms with Crippen LogP contribution in [0.4, 0.5) is 5.69 Å². The largest absolute Gasteiger partial charge is 0.371 e. The molecule has 220 valence electrons. The molecule has 0 heterocycles. The first-order valence-corrected chi connectivity index (χ1v) is 17.2.